The molecule has 0 amide bonds. The quantitative estimate of drug-likeness (QED) is 0.840. The van der Waals surface area contributed by atoms with E-state index in [0.717, 1.165) is 25.9 Å². The van der Waals surface area contributed by atoms with Gasteiger partial charge in [-0.3, -0.25) is 0 Å². The number of aryl methyl sites for hydroxylation is 2. The molecule has 2 heterocycles. The maximum absolute atomic E-state index is 4.61. The van der Waals surface area contributed by atoms with Gasteiger partial charge in [0.2, 0.25) is 0 Å². The molecule has 1 aromatic carbocycles. The Labute approximate surface area is 121 Å². The van der Waals surface area contributed by atoms with E-state index in [9.17, 15) is 0 Å². The molecule has 0 radical (unpaired) electrons. The van der Waals surface area contributed by atoms with Crippen molar-refractivity contribution < 1.29 is 0 Å². The van der Waals surface area contributed by atoms with E-state index in [4.69, 9.17) is 0 Å². The Morgan fingerprint density at radius 2 is 1.95 bits per heavy atom. The topological polar surface area (TPSA) is 16.1 Å². The van der Waals surface area contributed by atoms with Crippen molar-refractivity contribution >= 4 is 5.82 Å². The zero-order valence-electron chi connectivity index (χ0n) is 12.2. The van der Waals surface area contributed by atoms with Crippen molar-refractivity contribution in [3.63, 3.8) is 0 Å². The zero-order valence-corrected chi connectivity index (χ0v) is 12.2. The Kier molecular flexibility index (Phi) is 4.00. The smallest absolute Gasteiger partial charge is 0.131 e. The fourth-order valence-electron chi connectivity index (χ4n) is 3.08. The first-order valence-corrected chi connectivity index (χ1v) is 7.64. The predicted molar refractivity (Wildman–Crippen MR) is 84.3 cm³/mol. The van der Waals surface area contributed by atoms with Crippen molar-refractivity contribution in [2.45, 2.75) is 32.6 Å². The van der Waals surface area contributed by atoms with Crippen LogP contribution in [0.25, 0.3) is 0 Å². The highest BCUT2D eigenvalue weighted by Crippen LogP contribution is 2.28. The van der Waals surface area contributed by atoms with Crippen LogP contribution >= 0.6 is 0 Å². The Balaban J connectivity index is 1.80. The fraction of sp³-hybridized carbons (Fsp3) is 0.389. The van der Waals surface area contributed by atoms with Crippen LogP contribution in [0.15, 0.2) is 42.6 Å². The van der Waals surface area contributed by atoms with Gasteiger partial charge in [-0.05, 0) is 55.4 Å². The SMILES string of the molecule is CCN1CCCc2c(CCc3ccccc3)ccnc21. The van der Waals surface area contributed by atoms with Crippen molar-refractivity contribution in [3.05, 3.63) is 59.3 Å². The van der Waals surface area contributed by atoms with Crippen LogP contribution in [-0.4, -0.2) is 18.1 Å². The molecule has 2 heteroatoms. The molecule has 1 aliphatic rings. The summed E-state index contributed by atoms with van der Waals surface area (Å²) in [5, 5.41) is 0. The molecule has 0 fully saturated rings. The summed E-state index contributed by atoms with van der Waals surface area (Å²) < 4.78 is 0. The number of pyridine rings is 1. The van der Waals surface area contributed by atoms with Gasteiger partial charge in [-0.25, -0.2) is 4.98 Å². The van der Waals surface area contributed by atoms with E-state index in [-0.39, 0.29) is 0 Å². The predicted octanol–water partition coefficient (Wildman–Crippen LogP) is 3.64. The van der Waals surface area contributed by atoms with Crippen LogP contribution in [0.5, 0.6) is 0 Å². The first-order valence-electron chi connectivity index (χ1n) is 7.64. The second-order valence-electron chi connectivity index (χ2n) is 5.44. The lowest BCUT2D eigenvalue weighted by atomic mass is 9.95. The molecule has 20 heavy (non-hydrogen) atoms. The molecule has 0 saturated heterocycles. The van der Waals surface area contributed by atoms with Gasteiger partial charge in [0, 0.05) is 19.3 Å². The highest BCUT2D eigenvalue weighted by atomic mass is 15.2. The van der Waals surface area contributed by atoms with Crippen molar-refractivity contribution in [3.8, 4) is 0 Å². The summed E-state index contributed by atoms with van der Waals surface area (Å²) in [6.45, 7) is 4.42. The van der Waals surface area contributed by atoms with Gasteiger partial charge in [-0.1, -0.05) is 30.3 Å². The monoisotopic (exact) mass is 266 g/mol. The van der Waals surface area contributed by atoms with E-state index < -0.39 is 0 Å². The first-order chi connectivity index (χ1) is 9.88. The second-order valence-corrected chi connectivity index (χ2v) is 5.44. The normalized spacial score (nSPS) is 14.2. The third-order valence-electron chi connectivity index (χ3n) is 4.19. The summed E-state index contributed by atoms with van der Waals surface area (Å²) in [6.07, 6.45) is 6.65. The number of nitrogens with zero attached hydrogens (tertiary/aromatic N) is 2. The van der Waals surface area contributed by atoms with Gasteiger partial charge in [-0.15, -0.1) is 0 Å². The summed E-state index contributed by atoms with van der Waals surface area (Å²) in [7, 11) is 0. The average Bonchev–Trinajstić information content (AvgIpc) is 2.53. The number of aromatic nitrogens is 1. The molecule has 0 N–H and O–H groups in total. The maximum Gasteiger partial charge on any atom is 0.131 e. The van der Waals surface area contributed by atoms with E-state index in [1.165, 1.54) is 35.3 Å². The molecular weight excluding hydrogens is 244 g/mol. The number of rotatable bonds is 4. The summed E-state index contributed by atoms with van der Waals surface area (Å²) in [6, 6.07) is 13.0. The molecule has 0 atom stereocenters. The Bertz CT molecular complexity index is 563. The highest BCUT2D eigenvalue weighted by Gasteiger charge is 2.19. The second kappa shape index (κ2) is 6.08. The molecular formula is C18H22N2. The van der Waals surface area contributed by atoms with Crippen LogP contribution < -0.4 is 4.90 Å². The minimum atomic E-state index is 1.06. The molecule has 0 saturated carbocycles. The molecule has 1 aromatic heterocycles. The van der Waals surface area contributed by atoms with Gasteiger partial charge in [0.25, 0.3) is 0 Å². The molecule has 3 rings (SSSR count). The highest BCUT2D eigenvalue weighted by molar-refractivity contribution is 5.52. The van der Waals surface area contributed by atoms with E-state index in [2.05, 4.69) is 53.2 Å². The van der Waals surface area contributed by atoms with E-state index in [0.29, 0.717) is 0 Å². The summed E-state index contributed by atoms with van der Waals surface area (Å²) in [4.78, 5) is 7.02. The summed E-state index contributed by atoms with van der Waals surface area (Å²) in [5.41, 5.74) is 4.38. The minimum absolute atomic E-state index is 1.06. The average molecular weight is 266 g/mol. The lowest BCUT2D eigenvalue weighted by Crippen LogP contribution is -2.30. The van der Waals surface area contributed by atoms with Gasteiger partial charge < -0.3 is 4.90 Å². The molecule has 0 spiro atoms. The maximum atomic E-state index is 4.61. The third kappa shape index (κ3) is 2.69. The Morgan fingerprint density at radius 1 is 1.10 bits per heavy atom. The van der Waals surface area contributed by atoms with Crippen LogP contribution in [0.4, 0.5) is 5.82 Å². The first kappa shape index (κ1) is 13.2. The van der Waals surface area contributed by atoms with Crippen LogP contribution in [0.1, 0.15) is 30.0 Å². The van der Waals surface area contributed by atoms with Gasteiger partial charge in [0.15, 0.2) is 0 Å². The molecule has 2 nitrogen and oxygen atoms in total. The molecule has 0 bridgehead atoms. The number of hydrogen-bond donors (Lipinski definition) is 0. The standard InChI is InChI=1S/C18H22N2/c1-2-20-14-6-9-17-16(12-13-19-18(17)20)11-10-15-7-4-3-5-8-15/h3-5,7-8,12-13H,2,6,9-11,14H2,1H3. The molecule has 1 aliphatic heterocycles. The molecule has 0 unspecified atom stereocenters. The van der Waals surface area contributed by atoms with Gasteiger partial charge in [0.05, 0.1) is 0 Å². The number of fused-ring (bicyclic) bond motifs is 1. The van der Waals surface area contributed by atoms with Crippen molar-refractivity contribution in [2.24, 2.45) is 0 Å². The number of benzene rings is 1. The lowest BCUT2D eigenvalue weighted by Gasteiger charge is -2.30. The van der Waals surface area contributed by atoms with Gasteiger partial charge in [-0.2, -0.15) is 0 Å². The van der Waals surface area contributed by atoms with Gasteiger partial charge >= 0.3 is 0 Å². The Hall–Kier alpha value is -1.83. The summed E-state index contributed by atoms with van der Waals surface area (Å²) in [5.74, 6) is 1.23. The van der Waals surface area contributed by atoms with Crippen molar-refractivity contribution in [1.82, 2.24) is 4.98 Å². The van der Waals surface area contributed by atoms with E-state index >= 15 is 0 Å². The minimum Gasteiger partial charge on any atom is -0.357 e. The Morgan fingerprint density at radius 3 is 2.75 bits per heavy atom. The van der Waals surface area contributed by atoms with Crippen molar-refractivity contribution in [2.75, 3.05) is 18.0 Å². The van der Waals surface area contributed by atoms with Crippen LogP contribution in [0, 0.1) is 0 Å². The van der Waals surface area contributed by atoms with Gasteiger partial charge in [0.1, 0.15) is 5.82 Å². The largest absolute Gasteiger partial charge is 0.357 e. The number of anilines is 1. The molecule has 104 valence electrons. The van der Waals surface area contributed by atoms with Crippen molar-refractivity contribution in [1.29, 1.82) is 0 Å². The van der Waals surface area contributed by atoms with E-state index in [1.54, 1.807) is 0 Å². The number of hydrogen-bond acceptors (Lipinski definition) is 2. The van der Waals surface area contributed by atoms with Crippen LogP contribution in [-0.2, 0) is 19.3 Å². The molecule has 2 aromatic rings. The third-order valence-corrected chi connectivity index (χ3v) is 4.19. The fourth-order valence-corrected chi connectivity index (χ4v) is 3.08. The van der Waals surface area contributed by atoms with E-state index in [1.807, 2.05) is 6.20 Å². The lowest BCUT2D eigenvalue weighted by molar-refractivity contribution is 0.686. The van der Waals surface area contributed by atoms with Crippen LogP contribution in [0.2, 0.25) is 0 Å². The zero-order chi connectivity index (χ0) is 13.8. The van der Waals surface area contributed by atoms with Crippen LogP contribution in [0.3, 0.4) is 0 Å². The molecule has 0 aliphatic carbocycles. The summed E-state index contributed by atoms with van der Waals surface area (Å²) >= 11 is 0.